The number of hydrogen-bond donors (Lipinski definition) is 5. The highest BCUT2D eigenvalue weighted by Gasteiger charge is 2.43. The van der Waals surface area contributed by atoms with Gasteiger partial charge in [0.05, 0.1) is 13.7 Å². The Bertz CT molecular complexity index is 439. The number of esters is 1. The van der Waals surface area contributed by atoms with Gasteiger partial charge in [0, 0.05) is 24.2 Å². The highest BCUT2D eigenvalue weighted by molar-refractivity contribution is 8.03. The maximum absolute atomic E-state index is 11.6. The van der Waals surface area contributed by atoms with E-state index in [1.54, 1.807) is 0 Å². The third-order valence-electron chi connectivity index (χ3n) is 3.51. The van der Waals surface area contributed by atoms with E-state index in [0.29, 0.717) is 17.3 Å². The Kier molecular flexibility index (Phi) is 10.1. The van der Waals surface area contributed by atoms with Gasteiger partial charge in [-0.1, -0.05) is 0 Å². The molecule has 0 aliphatic carbocycles. The van der Waals surface area contributed by atoms with Crippen LogP contribution >= 0.6 is 23.5 Å². The number of thioether (sulfide) groups is 2. The largest absolute Gasteiger partial charge is 0.467 e. The summed E-state index contributed by atoms with van der Waals surface area (Å²) < 4.78 is 10.0. The lowest BCUT2D eigenvalue weighted by molar-refractivity contribution is -0.205. The summed E-state index contributed by atoms with van der Waals surface area (Å²) in [5.74, 6) is 0.603. The van der Waals surface area contributed by atoms with Crippen molar-refractivity contribution in [2.45, 2.75) is 42.8 Å². The Morgan fingerprint density at radius 2 is 1.88 bits per heavy atom. The van der Waals surface area contributed by atoms with Crippen LogP contribution in [0.5, 0.6) is 0 Å². The Morgan fingerprint density at radius 1 is 1.20 bits per heavy atom. The van der Waals surface area contributed by atoms with E-state index in [-0.39, 0.29) is 5.91 Å². The van der Waals surface area contributed by atoms with Gasteiger partial charge >= 0.3 is 5.97 Å². The Balaban J connectivity index is 2.36. The fourth-order valence-electron chi connectivity index (χ4n) is 2.19. The third-order valence-corrected chi connectivity index (χ3v) is 5.98. The van der Waals surface area contributed by atoms with Gasteiger partial charge in [-0.2, -0.15) is 11.8 Å². The van der Waals surface area contributed by atoms with Gasteiger partial charge in [0.25, 0.3) is 0 Å². The molecule has 1 saturated heterocycles. The van der Waals surface area contributed by atoms with E-state index < -0.39 is 48.5 Å². The average molecular weight is 399 g/mol. The summed E-state index contributed by atoms with van der Waals surface area (Å²) in [5, 5.41) is 41.0. The molecule has 1 amide bonds. The quantitative estimate of drug-likeness (QED) is 0.216. The van der Waals surface area contributed by atoms with Crippen molar-refractivity contribution in [1.82, 2.24) is 5.32 Å². The van der Waals surface area contributed by atoms with E-state index in [2.05, 4.69) is 10.1 Å². The number of ether oxygens (including phenoxy) is 2. The fourth-order valence-corrected chi connectivity index (χ4v) is 4.48. The zero-order chi connectivity index (χ0) is 19.0. The minimum Gasteiger partial charge on any atom is -0.467 e. The van der Waals surface area contributed by atoms with Crippen molar-refractivity contribution in [3.8, 4) is 0 Å². The number of aliphatic hydroxyl groups excluding tert-OH is 4. The molecule has 6 atom stereocenters. The van der Waals surface area contributed by atoms with Crippen molar-refractivity contribution in [1.29, 1.82) is 0 Å². The summed E-state index contributed by atoms with van der Waals surface area (Å²) in [6, 6.07) is -0.732. The van der Waals surface area contributed by atoms with Gasteiger partial charge in [-0.3, -0.25) is 4.79 Å². The number of methoxy groups -OCH3 is 1. The first-order chi connectivity index (χ1) is 11.8. The number of rotatable bonds is 9. The molecule has 9 nitrogen and oxygen atoms in total. The van der Waals surface area contributed by atoms with Crippen molar-refractivity contribution < 1.29 is 39.5 Å². The molecule has 1 aliphatic heterocycles. The lowest BCUT2D eigenvalue weighted by Crippen LogP contribution is -2.57. The molecule has 1 rings (SSSR count). The summed E-state index contributed by atoms with van der Waals surface area (Å²) in [4.78, 5) is 22.6. The van der Waals surface area contributed by atoms with Crippen LogP contribution in [-0.4, -0.2) is 99.2 Å². The lowest BCUT2D eigenvalue weighted by atomic mass is 10.0. The Hall–Kier alpha value is -0.560. The van der Waals surface area contributed by atoms with Crippen LogP contribution < -0.4 is 5.32 Å². The number of amides is 1. The monoisotopic (exact) mass is 399 g/mol. The van der Waals surface area contributed by atoms with Gasteiger partial charge in [0.2, 0.25) is 5.91 Å². The predicted molar refractivity (Wildman–Crippen MR) is 93.2 cm³/mol. The number of carbonyl (C=O) groups excluding carboxylic acids is 2. The smallest absolute Gasteiger partial charge is 0.329 e. The van der Waals surface area contributed by atoms with Gasteiger partial charge in [-0.25, -0.2) is 4.79 Å². The number of hydrogen-bond acceptors (Lipinski definition) is 10. The first kappa shape index (κ1) is 22.5. The second kappa shape index (κ2) is 11.2. The van der Waals surface area contributed by atoms with Gasteiger partial charge in [-0.15, -0.1) is 11.8 Å². The molecule has 0 aromatic heterocycles. The van der Waals surface area contributed by atoms with Crippen LogP contribution in [0.15, 0.2) is 0 Å². The maximum Gasteiger partial charge on any atom is 0.329 e. The van der Waals surface area contributed by atoms with Crippen LogP contribution in [0.2, 0.25) is 0 Å². The van der Waals surface area contributed by atoms with E-state index in [0.717, 1.165) is 0 Å². The van der Waals surface area contributed by atoms with E-state index in [1.807, 2.05) is 0 Å². The maximum atomic E-state index is 11.6. The molecular weight excluding hydrogens is 374 g/mol. The number of carbonyl (C=O) groups is 2. The molecule has 25 heavy (non-hydrogen) atoms. The van der Waals surface area contributed by atoms with Gasteiger partial charge in [0.15, 0.2) is 0 Å². The first-order valence-electron chi connectivity index (χ1n) is 7.66. The van der Waals surface area contributed by atoms with Gasteiger partial charge in [-0.05, 0) is 0 Å². The second-order valence-electron chi connectivity index (χ2n) is 5.42. The zero-order valence-corrected chi connectivity index (χ0v) is 15.7. The average Bonchev–Trinajstić information content (AvgIpc) is 2.59. The van der Waals surface area contributed by atoms with E-state index in [9.17, 15) is 24.9 Å². The Labute approximate surface area is 154 Å². The van der Waals surface area contributed by atoms with Gasteiger partial charge in [0.1, 0.15) is 35.9 Å². The van der Waals surface area contributed by atoms with Crippen molar-refractivity contribution in [3.05, 3.63) is 0 Å². The molecule has 5 N–H and O–H groups in total. The van der Waals surface area contributed by atoms with Crippen LogP contribution in [0.4, 0.5) is 0 Å². The molecule has 146 valence electrons. The van der Waals surface area contributed by atoms with Crippen molar-refractivity contribution >= 4 is 35.4 Å². The first-order valence-corrected chi connectivity index (χ1v) is 9.87. The number of aliphatic hydroxyl groups is 4. The third kappa shape index (κ3) is 6.93. The second-order valence-corrected chi connectivity index (χ2v) is 7.78. The highest BCUT2D eigenvalue weighted by Crippen LogP contribution is 2.28. The molecule has 11 heteroatoms. The van der Waals surface area contributed by atoms with Gasteiger partial charge < -0.3 is 35.2 Å². The summed E-state index contributed by atoms with van der Waals surface area (Å²) in [7, 11) is 1.25. The topological polar surface area (TPSA) is 146 Å². The van der Waals surface area contributed by atoms with Crippen molar-refractivity contribution in [2.75, 3.05) is 31.0 Å². The molecule has 1 aliphatic rings. The normalized spacial score (nSPS) is 30.6. The highest BCUT2D eigenvalue weighted by atomic mass is 32.2. The molecule has 0 aromatic rings. The number of nitrogens with one attached hydrogen (secondary N) is 1. The molecule has 0 spiro atoms. The standard InChI is InChI=1S/C14H25NO8S2/c1-7(17)15-8(13(21)22-2)6-24-3-4-25-14-12(20)11(19)10(18)9(5-16)23-14/h8-12,14,16,18-20H,3-6H2,1-2H3,(H,15,17)/t8-,9+,10+,11-,12+,14-/m0/s1. The van der Waals surface area contributed by atoms with Crippen LogP contribution in [0.3, 0.4) is 0 Å². The molecule has 1 fully saturated rings. The van der Waals surface area contributed by atoms with E-state index in [4.69, 9.17) is 9.84 Å². The van der Waals surface area contributed by atoms with Crippen LogP contribution in [0, 0.1) is 0 Å². The molecule has 0 aromatic carbocycles. The van der Waals surface area contributed by atoms with Crippen molar-refractivity contribution in [3.63, 3.8) is 0 Å². The predicted octanol–water partition coefficient (Wildman–Crippen LogP) is -2.07. The molecule has 0 unspecified atom stereocenters. The van der Waals surface area contributed by atoms with E-state index in [1.165, 1.54) is 37.6 Å². The summed E-state index contributed by atoms with van der Waals surface area (Å²) in [5.41, 5.74) is -0.775. The zero-order valence-electron chi connectivity index (χ0n) is 14.0. The Morgan fingerprint density at radius 3 is 2.44 bits per heavy atom. The molecule has 1 heterocycles. The molecule has 0 saturated carbocycles. The lowest BCUT2D eigenvalue weighted by Gasteiger charge is -2.39. The minimum absolute atomic E-state index is 0.327. The van der Waals surface area contributed by atoms with Crippen LogP contribution in [0.25, 0.3) is 0 Å². The van der Waals surface area contributed by atoms with Crippen LogP contribution in [0.1, 0.15) is 6.92 Å². The van der Waals surface area contributed by atoms with E-state index >= 15 is 0 Å². The molecule has 0 bridgehead atoms. The fraction of sp³-hybridized carbons (Fsp3) is 0.857. The molecule has 0 radical (unpaired) electrons. The SMILES string of the molecule is COC(=O)[C@H](CSCCS[C@@H]1O[C@H](CO)[C@@H](O)[C@H](O)[C@H]1O)NC(C)=O. The summed E-state index contributed by atoms with van der Waals surface area (Å²) >= 11 is 2.64. The minimum atomic E-state index is -1.39. The summed E-state index contributed by atoms with van der Waals surface area (Å²) in [6.45, 7) is 0.851. The molecular formula is C14H25NO8S2. The summed E-state index contributed by atoms with van der Waals surface area (Å²) in [6.07, 6.45) is -4.95. The van der Waals surface area contributed by atoms with Crippen LogP contribution in [-0.2, 0) is 19.1 Å². The van der Waals surface area contributed by atoms with Crippen molar-refractivity contribution in [2.24, 2.45) is 0 Å².